The number of pyridine rings is 1. The molecule has 1 aromatic heterocycles. The standard InChI is InChI=1S/C9H13ClN4O2S/c10-8-2-1-4-12-9(8)14-5-3-7(6-14)13-17(11,15)16/h1-2,4,7,13H,3,5-6H2,(H2,11,15,16)/t7-/m0/s1. The van der Waals surface area contributed by atoms with E-state index in [4.69, 9.17) is 16.7 Å². The normalized spacial score (nSPS) is 20.8. The molecule has 2 heterocycles. The molecule has 1 aromatic rings. The summed E-state index contributed by atoms with van der Waals surface area (Å²) in [6, 6.07) is 3.31. The van der Waals surface area contributed by atoms with E-state index in [2.05, 4.69) is 9.71 Å². The molecular formula is C9H13ClN4O2S. The number of aromatic nitrogens is 1. The van der Waals surface area contributed by atoms with Crippen LogP contribution in [0.1, 0.15) is 6.42 Å². The SMILES string of the molecule is NS(=O)(=O)N[C@H]1CCN(c2ncccc2Cl)C1. The Morgan fingerprint density at radius 1 is 1.59 bits per heavy atom. The van der Waals surface area contributed by atoms with E-state index >= 15 is 0 Å². The van der Waals surface area contributed by atoms with Gasteiger partial charge in [-0.25, -0.2) is 10.1 Å². The number of nitrogens with two attached hydrogens (primary N) is 1. The topological polar surface area (TPSA) is 88.3 Å². The summed E-state index contributed by atoms with van der Waals surface area (Å²) in [6.45, 7) is 1.22. The van der Waals surface area contributed by atoms with Gasteiger partial charge < -0.3 is 4.90 Å². The average molecular weight is 277 g/mol. The molecule has 0 radical (unpaired) electrons. The molecule has 1 aliphatic heterocycles. The van der Waals surface area contributed by atoms with E-state index in [1.54, 1.807) is 18.3 Å². The van der Waals surface area contributed by atoms with Gasteiger partial charge in [-0.05, 0) is 18.6 Å². The Morgan fingerprint density at radius 2 is 2.35 bits per heavy atom. The molecule has 94 valence electrons. The smallest absolute Gasteiger partial charge is 0.274 e. The van der Waals surface area contributed by atoms with Crippen molar-refractivity contribution in [2.45, 2.75) is 12.5 Å². The first-order chi connectivity index (χ1) is 7.96. The Labute approximate surface area is 105 Å². The van der Waals surface area contributed by atoms with Crippen molar-refractivity contribution in [3.05, 3.63) is 23.4 Å². The van der Waals surface area contributed by atoms with Crippen LogP contribution in [0.5, 0.6) is 0 Å². The third-order valence-electron chi connectivity index (χ3n) is 2.56. The Morgan fingerprint density at radius 3 is 3.00 bits per heavy atom. The molecule has 17 heavy (non-hydrogen) atoms. The van der Waals surface area contributed by atoms with Gasteiger partial charge >= 0.3 is 0 Å². The van der Waals surface area contributed by atoms with Crippen LogP contribution in [0.4, 0.5) is 5.82 Å². The quantitative estimate of drug-likeness (QED) is 0.820. The Bertz CT molecular complexity index is 507. The second kappa shape index (κ2) is 4.77. The van der Waals surface area contributed by atoms with Crippen LogP contribution >= 0.6 is 11.6 Å². The fourth-order valence-electron chi connectivity index (χ4n) is 1.89. The summed E-state index contributed by atoms with van der Waals surface area (Å²) in [5.74, 6) is 0.674. The van der Waals surface area contributed by atoms with Gasteiger partial charge in [0.1, 0.15) is 5.82 Å². The maximum Gasteiger partial charge on any atom is 0.274 e. The zero-order chi connectivity index (χ0) is 12.5. The molecule has 0 aliphatic carbocycles. The van der Waals surface area contributed by atoms with Crippen molar-refractivity contribution in [3.63, 3.8) is 0 Å². The Hall–Kier alpha value is -0.890. The minimum absolute atomic E-state index is 0.192. The van der Waals surface area contributed by atoms with Gasteiger partial charge in [-0.2, -0.15) is 13.1 Å². The van der Waals surface area contributed by atoms with Gasteiger partial charge in [0.15, 0.2) is 0 Å². The second-order valence-electron chi connectivity index (χ2n) is 3.90. The van der Waals surface area contributed by atoms with Crippen LogP contribution in [0.3, 0.4) is 0 Å². The lowest BCUT2D eigenvalue weighted by molar-refractivity contribution is 0.563. The third-order valence-corrected chi connectivity index (χ3v) is 3.51. The van der Waals surface area contributed by atoms with Gasteiger partial charge in [-0.3, -0.25) is 0 Å². The van der Waals surface area contributed by atoms with Crippen LogP contribution in [0.15, 0.2) is 18.3 Å². The van der Waals surface area contributed by atoms with E-state index < -0.39 is 10.2 Å². The number of hydrogen-bond acceptors (Lipinski definition) is 4. The molecule has 0 unspecified atom stereocenters. The van der Waals surface area contributed by atoms with Crippen molar-refractivity contribution in [2.24, 2.45) is 5.14 Å². The largest absolute Gasteiger partial charge is 0.354 e. The Kier molecular flexibility index (Phi) is 3.53. The van der Waals surface area contributed by atoms with Crippen LogP contribution < -0.4 is 14.8 Å². The monoisotopic (exact) mass is 276 g/mol. The Balaban J connectivity index is 2.06. The fraction of sp³-hybridized carbons (Fsp3) is 0.444. The molecule has 0 saturated carbocycles. The summed E-state index contributed by atoms with van der Waals surface area (Å²) < 4.78 is 24.2. The third kappa shape index (κ3) is 3.29. The van der Waals surface area contributed by atoms with Crippen molar-refractivity contribution in [2.75, 3.05) is 18.0 Å². The van der Waals surface area contributed by atoms with Crippen LogP contribution in [-0.2, 0) is 10.2 Å². The first-order valence-electron chi connectivity index (χ1n) is 5.11. The molecule has 1 aliphatic rings. The number of nitrogens with zero attached hydrogens (tertiary/aromatic N) is 2. The van der Waals surface area contributed by atoms with Gasteiger partial charge in [-0.1, -0.05) is 11.6 Å². The number of rotatable bonds is 3. The summed E-state index contributed by atoms with van der Waals surface area (Å²) in [4.78, 5) is 6.11. The molecule has 3 N–H and O–H groups in total. The fourth-order valence-corrected chi connectivity index (χ4v) is 2.79. The minimum atomic E-state index is -3.65. The van der Waals surface area contributed by atoms with Crippen molar-refractivity contribution >= 4 is 27.6 Å². The minimum Gasteiger partial charge on any atom is -0.354 e. The molecule has 0 amide bonds. The van der Waals surface area contributed by atoms with Crippen LogP contribution in [0.25, 0.3) is 0 Å². The van der Waals surface area contributed by atoms with Gasteiger partial charge in [0.05, 0.1) is 5.02 Å². The highest BCUT2D eigenvalue weighted by molar-refractivity contribution is 7.87. The molecule has 8 heteroatoms. The van der Waals surface area contributed by atoms with Gasteiger partial charge in [0.2, 0.25) is 0 Å². The maximum atomic E-state index is 10.9. The van der Waals surface area contributed by atoms with Gasteiger partial charge in [0, 0.05) is 25.3 Å². The van der Waals surface area contributed by atoms with E-state index in [1.807, 2.05) is 4.90 Å². The lowest BCUT2D eigenvalue weighted by Crippen LogP contribution is -2.41. The summed E-state index contributed by atoms with van der Waals surface area (Å²) in [6.07, 6.45) is 2.34. The van der Waals surface area contributed by atoms with Crippen LogP contribution in [0, 0.1) is 0 Å². The highest BCUT2D eigenvalue weighted by Gasteiger charge is 2.26. The summed E-state index contributed by atoms with van der Waals surface area (Å²) >= 11 is 6.02. The van der Waals surface area contributed by atoms with Crippen molar-refractivity contribution in [3.8, 4) is 0 Å². The lowest BCUT2D eigenvalue weighted by Gasteiger charge is -2.18. The number of halogens is 1. The summed E-state index contributed by atoms with van der Waals surface area (Å²) in [7, 11) is -3.65. The number of hydrogen-bond donors (Lipinski definition) is 2. The molecule has 0 spiro atoms. The predicted octanol–water partition coefficient (Wildman–Crippen LogP) is 0.107. The van der Waals surface area contributed by atoms with E-state index in [9.17, 15) is 8.42 Å². The number of nitrogens with one attached hydrogen (secondary N) is 1. The first kappa shape index (κ1) is 12.6. The number of anilines is 1. The molecule has 0 aromatic carbocycles. The zero-order valence-corrected chi connectivity index (χ0v) is 10.6. The van der Waals surface area contributed by atoms with Crippen molar-refractivity contribution in [1.29, 1.82) is 0 Å². The molecule has 2 rings (SSSR count). The van der Waals surface area contributed by atoms with Gasteiger partial charge in [-0.15, -0.1) is 0 Å². The molecular weight excluding hydrogens is 264 g/mol. The second-order valence-corrected chi connectivity index (χ2v) is 5.64. The summed E-state index contributed by atoms with van der Waals surface area (Å²) in [5.41, 5.74) is 0. The van der Waals surface area contributed by atoms with E-state index in [-0.39, 0.29) is 6.04 Å². The maximum absolute atomic E-state index is 10.9. The van der Waals surface area contributed by atoms with Crippen molar-refractivity contribution < 1.29 is 8.42 Å². The van der Waals surface area contributed by atoms with E-state index in [0.29, 0.717) is 30.4 Å². The lowest BCUT2D eigenvalue weighted by atomic mass is 10.3. The highest BCUT2D eigenvalue weighted by Crippen LogP contribution is 2.25. The molecule has 1 atom stereocenters. The molecule has 6 nitrogen and oxygen atoms in total. The van der Waals surface area contributed by atoms with Crippen LogP contribution in [0.2, 0.25) is 5.02 Å². The van der Waals surface area contributed by atoms with E-state index in [1.165, 1.54) is 0 Å². The predicted molar refractivity (Wildman–Crippen MR) is 66.1 cm³/mol. The molecule has 1 fully saturated rings. The van der Waals surface area contributed by atoms with E-state index in [0.717, 1.165) is 0 Å². The average Bonchev–Trinajstić information content (AvgIpc) is 2.64. The van der Waals surface area contributed by atoms with Gasteiger partial charge in [0.25, 0.3) is 10.2 Å². The molecule has 0 bridgehead atoms. The highest BCUT2D eigenvalue weighted by atomic mass is 35.5. The van der Waals surface area contributed by atoms with Crippen molar-refractivity contribution in [1.82, 2.24) is 9.71 Å². The van der Waals surface area contributed by atoms with Crippen LogP contribution in [-0.4, -0.2) is 32.5 Å². The first-order valence-corrected chi connectivity index (χ1v) is 7.03. The molecule has 1 saturated heterocycles. The summed E-state index contributed by atoms with van der Waals surface area (Å²) in [5, 5.41) is 5.49. The zero-order valence-electron chi connectivity index (χ0n) is 9.01.